The number of carbonyl (C=O) groups excluding carboxylic acids is 2. The molecule has 8 nitrogen and oxygen atoms in total. The average Bonchev–Trinajstić information content (AvgIpc) is 3.10. The molecular formula is C38H40O8. The van der Waals surface area contributed by atoms with Crippen molar-refractivity contribution >= 4 is 11.9 Å². The molecule has 0 saturated heterocycles. The Bertz CT molecular complexity index is 1380. The van der Waals surface area contributed by atoms with E-state index in [9.17, 15) is 9.59 Å². The number of carbonyl (C=O) groups is 2. The predicted molar refractivity (Wildman–Crippen MR) is 173 cm³/mol. The van der Waals surface area contributed by atoms with Crippen LogP contribution in [0.15, 0.2) is 109 Å². The van der Waals surface area contributed by atoms with Gasteiger partial charge in [0, 0.05) is 14.2 Å². The van der Waals surface area contributed by atoms with Crippen LogP contribution in [0.2, 0.25) is 0 Å². The van der Waals surface area contributed by atoms with E-state index in [1.807, 2.05) is 60.7 Å². The van der Waals surface area contributed by atoms with Crippen molar-refractivity contribution in [2.75, 3.05) is 27.4 Å². The SMILES string of the molecule is COCC(Oc1ccc(OC(=O)[C@H]2CC[C@H](C(=O)Oc3ccc(OC(COC)c4ccccc4)cc3)CC2)cc1)c1ccccc1. The van der Waals surface area contributed by atoms with E-state index in [1.54, 1.807) is 62.8 Å². The first kappa shape index (κ1) is 32.7. The third-order valence-corrected chi connectivity index (χ3v) is 8.01. The molecule has 1 aliphatic carbocycles. The highest BCUT2D eigenvalue weighted by molar-refractivity contribution is 5.77. The smallest absolute Gasteiger partial charge is 0.314 e. The summed E-state index contributed by atoms with van der Waals surface area (Å²) in [6.45, 7) is 0.812. The van der Waals surface area contributed by atoms with Crippen molar-refractivity contribution in [3.05, 3.63) is 120 Å². The monoisotopic (exact) mass is 624 g/mol. The molecule has 5 rings (SSSR count). The fraction of sp³-hybridized carbons (Fsp3) is 0.316. The number of ether oxygens (including phenoxy) is 6. The first-order valence-corrected chi connectivity index (χ1v) is 15.6. The molecule has 0 spiro atoms. The van der Waals surface area contributed by atoms with Crippen molar-refractivity contribution in [2.45, 2.75) is 37.9 Å². The van der Waals surface area contributed by atoms with Crippen LogP contribution in [0.4, 0.5) is 0 Å². The summed E-state index contributed by atoms with van der Waals surface area (Å²) < 4.78 is 34.2. The Morgan fingerprint density at radius 3 is 1.17 bits per heavy atom. The summed E-state index contributed by atoms with van der Waals surface area (Å²) in [4.78, 5) is 25.8. The summed E-state index contributed by atoms with van der Waals surface area (Å²) in [7, 11) is 3.28. The second-order valence-electron chi connectivity index (χ2n) is 11.3. The van der Waals surface area contributed by atoms with Crippen LogP contribution in [0.3, 0.4) is 0 Å². The molecule has 8 heteroatoms. The number of hydrogen-bond acceptors (Lipinski definition) is 8. The van der Waals surface area contributed by atoms with E-state index in [0.29, 0.717) is 61.9 Å². The standard InChI is InChI=1S/C38H40O8/c1-41-25-35(27-9-5-3-6-10-27)43-31-17-21-33(22-18-31)45-37(39)29-13-15-30(16-14-29)38(40)46-34-23-19-32(20-24-34)44-36(26-42-2)28-11-7-4-8-12-28/h3-12,17-24,29-30,35-36H,13-16,25-26H2,1-2H3/t29-,30-,35?,36?. The van der Waals surface area contributed by atoms with Gasteiger partial charge in [0.25, 0.3) is 0 Å². The number of hydrogen-bond donors (Lipinski definition) is 0. The van der Waals surface area contributed by atoms with Gasteiger partial charge < -0.3 is 28.4 Å². The van der Waals surface area contributed by atoms with E-state index < -0.39 is 0 Å². The maximum absolute atomic E-state index is 12.9. The zero-order chi connectivity index (χ0) is 32.1. The van der Waals surface area contributed by atoms with Gasteiger partial charge in [-0.3, -0.25) is 9.59 Å². The highest BCUT2D eigenvalue weighted by atomic mass is 16.5. The van der Waals surface area contributed by atoms with Crippen LogP contribution in [0.1, 0.15) is 49.0 Å². The van der Waals surface area contributed by atoms with Gasteiger partial charge >= 0.3 is 11.9 Å². The molecule has 4 aromatic carbocycles. The topological polar surface area (TPSA) is 89.5 Å². The van der Waals surface area contributed by atoms with Gasteiger partial charge in [-0.25, -0.2) is 0 Å². The quantitative estimate of drug-likeness (QED) is 0.105. The molecular weight excluding hydrogens is 584 g/mol. The Kier molecular flexibility index (Phi) is 11.8. The van der Waals surface area contributed by atoms with Crippen LogP contribution in [-0.2, 0) is 19.1 Å². The van der Waals surface area contributed by atoms with E-state index in [4.69, 9.17) is 28.4 Å². The molecule has 2 atom stereocenters. The Labute approximate surface area is 270 Å². The van der Waals surface area contributed by atoms with Crippen molar-refractivity contribution in [3.63, 3.8) is 0 Å². The first-order chi connectivity index (χ1) is 22.5. The van der Waals surface area contributed by atoms with Gasteiger partial charge in [-0.05, 0) is 85.3 Å². The Balaban J connectivity index is 1.06. The maximum Gasteiger partial charge on any atom is 0.314 e. The molecule has 0 aromatic heterocycles. The van der Waals surface area contributed by atoms with Gasteiger partial charge in [0.15, 0.2) is 0 Å². The van der Waals surface area contributed by atoms with Gasteiger partial charge in [-0.2, -0.15) is 0 Å². The van der Waals surface area contributed by atoms with Gasteiger partial charge in [0.05, 0.1) is 25.0 Å². The van der Waals surface area contributed by atoms with Crippen molar-refractivity contribution in [2.24, 2.45) is 11.8 Å². The van der Waals surface area contributed by atoms with Crippen LogP contribution in [0.25, 0.3) is 0 Å². The summed E-state index contributed by atoms with van der Waals surface area (Å²) in [5.41, 5.74) is 2.02. The van der Waals surface area contributed by atoms with Gasteiger partial charge in [0.2, 0.25) is 0 Å². The van der Waals surface area contributed by atoms with Crippen LogP contribution < -0.4 is 18.9 Å². The molecule has 1 saturated carbocycles. The zero-order valence-corrected chi connectivity index (χ0v) is 26.2. The summed E-state index contributed by atoms with van der Waals surface area (Å²) in [5.74, 6) is 1.07. The van der Waals surface area contributed by atoms with Crippen molar-refractivity contribution in [1.82, 2.24) is 0 Å². The third-order valence-electron chi connectivity index (χ3n) is 8.01. The molecule has 0 amide bonds. The molecule has 4 aromatic rings. The normalized spacial score (nSPS) is 17.3. The second-order valence-corrected chi connectivity index (χ2v) is 11.3. The molecule has 46 heavy (non-hydrogen) atoms. The first-order valence-electron chi connectivity index (χ1n) is 15.6. The number of methoxy groups -OCH3 is 2. The molecule has 0 bridgehead atoms. The van der Waals surface area contributed by atoms with E-state index in [-0.39, 0.29) is 36.0 Å². The highest BCUT2D eigenvalue weighted by Crippen LogP contribution is 2.33. The minimum atomic E-state index is -0.292. The number of rotatable bonds is 14. The predicted octanol–water partition coefficient (Wildman–Crippen LogP) is 7.54. The Morgan fingerprint density at radius 2 is 0.848 bits per heavy atom. The molecule has 0 N–H and O–H groups in total. The summed E-state index contributed by atoms with van der Waals surface area (Å²) in [6.07, 6.45) is 1.72. The lowest BCUT2D eigenvalue weighted by Crippen LogP contribution is -2.30. The molecule has 0 heterocycles. The van der Waals surface area contributed by atoms with Crippen LogP contribution in [0.5, 0.6) is 23.0 Å². The average molecular weight is 625 g/mol. The van der Waals surface area contributed by atoms with Crippen LogP contribution in [-0.4, -0.2) is 39.4 Å². The van der Waals surface area contributed by atoms with Crippen LogP contribution >= 0.6 is 0 Å². The lowest BCUT2D eigenvalue weighted by Gasteiger charge is -2.26. The molecule has 1 fully saturated rings. The minimum absolute atomic E-state index is 0.256. The summed E-state index contributed by atoms with van der Waals surface area (Å²) in [6, 6.07) is 33.7. The third kappa shape index (κ3) is 9.19. The van der Waals surface area contributed by atoms with E-state index in [2.05, 4.69) is 0 Å². The van der Waals surface area contributed by atoms with Crippen molar-refractivity contribution in [3.8, 4) is 23.0 Å². The number of esters is 2. The minimum Gasteiger partial charge on any atom is -0.483 e. The summed E-state index contributed by atoms with van der Waals surface area (Å²) >= 11 is 0. The lowest BCUT2D eigenvalue weighted by atomic mass is 9.82. The molecule has 0 radical (unpaired) electrons. The maximum atomic E-state index is 12.9. The van der Waals surface area contributed by atoms with Gasteiger partial charge in [-0.15, -0.1) is 0 Å². The van der Waals surface area contributed by atoms with E-state index >= 15 is 0 Å². The second kappa shape index (κ2) is 16.6. The number of benzene rings is 4. The zero-order valence-electron chi connectivity index (χ0n) is 26.2. The van der Waals surface area contributed by atoms with Crippen LogP contribution in [0, 0.1) is 11.8 Å². The molecule has 2 unspecified atom stereocenters. The molecule has 0 aliphatic heterocycles. The Hall–Kier alpha value is -4.66. The van der Waals surface area contributed by atoms with Crippen molar-refractivity contribution in [1.29, 1.82) is 0 Å². The molecule has 1 aliphatic rings. The van der Waals surface area contributed by atoms with E-state index in [1.165, 1.54) is 0 Å². The van der Waals surface area contributed by atoms with Gasteiger partial charge in [0.1, 0.15) is 35.2 Å². The van der Waals surface area contributed by atoms with Gasteiger partial charge in [-0.1, -0.05) is 60.7 Å². The highest BCUT2D eigenvalue weighted by Gasteiger charge is 2.32. The fourth-order valence-electron chi connectivity index (χ4n) is 5.50. The largest absolute Gasteiger partial charge is 0.483 e. The fourth-order valence-corrected chi connectivity index (χ4v) is 5.50. The Morgan fingerprint density at radius 1 is 0.522 bits per heavy atom. The molecule has 240 valence electrons. The lowest BCUT2D eigenvalue weighted by molar-refractivity contribution is -0.145. The summed E-state index contributed by atoms with van der Waals surface area (Å²) in [5, 5.41) is 0. The van der Waals surface area contributed by atoms with Crippen molar-refractivity contribution < 1.29 is 38.0 Å². The van der Waals surface area contributed by atoms with E-state index in [0.717, 1.165) is 11.1 Å².